The van der Waals surface area contributed by atoms with E-state index in [9.17, 15) is 9.90 Å². The van der Waals surface area contributed by atoms with Gasteiger partial charge in [-0.05, 0) is 87.4 Å². The predicted octanol–water partition coefficient (Wildman–Crippen LogP) is 3.88. The Morgan fingerprint density at radius 3 is 2.64 bits per heavy atom. The molecule has 28 heavy (non-hydrogen) atoms. The Morgan fingerprint density at radius 1 is 1.04 bits per heavy atom. The molecular weight excluding hydrogens is 352 g/mol. The normalized spacial score (nSPS) is 61.6. The number of rotatable bonds is 2. The third kappa shape index (κ3) is 2.06. The van der Waals surface area contributed by atoms with Crippen LogP contribution in [0.3, 0.4) is 0 Å². The summed E-state index contributed by atoms with van der Waals surface area (Å²) in [6.45, 7) is 6.71. The van der Waals surface area contributed by atoms with Gasteiger partial charge >= 0.3 is 0 Å². The standard InChI is InChI=1S/C24H36O4/c1-13(25)10-16-12-19-20(27-16)21-24(28-21)18-5-4-14-11-15(26)6-8-22(14,2)17(18)7-9-23(19,24)3/h14-21,26H,4-12H2,1-3H3/t14-,15+,16?,17+,18-,19?,20?,21-,22+,23-,24-/m1/s1. The van der Waals surface area contributed by atoms with Crippen LogP contribution in [0.5, 0.6) is 0 Å². The smallest absolute Gasteiger partial charge is 0.132 e. The monoisotopic (exact) mass is 388 g/mol. The van der Waals surface area contributed by atoms with Crippen LogP contribution in [-0.4, -0.2) is 40.9 Å². The molecule has 6 fully saturated rings. The average Bonchev–Trinajstić information content (AvgIpc) is 3.17. The molecule has 0 amide bonds. The fraction of sp³-hybridized carbons (Fsp3) is 0.958. The van der Waals surface area contributed by atoms with Gasteiger partial charge < -0.3 is 14.6 Å². The SMILES string of the molecule is CC(=O)CC1CC2C(O1)[C@H]1O[C@]13[C@@H]1CC[C@@H]4C[C@@H](O)CC[C@]4(C)[C@H]1CC[C@]23C. The molecule has 1 spiro atoms. The van der Waals surface area contributed by atoms with Crippen molar-refractivity contribution in [1.29, 1.82) is 0 Å². The number of fused-ring (bicyclic) bond motifs is 6. The fourth-order valence-corrected chi connectivity index (χ4v) is 9.36. The molecule has 4 nitrogen and oxygen atoms in total. The van der Waals surface area contributed by atoms with E-state index in [-0.39, 0.29) is 41.2 Å². The second kappa shape index (κ2) is 5.62. The van der Waals surface area contributed by atoms with E-state index in [1.165, 1.54) is 32.1 Å². The molecule has 0 aromatic rings. The quantitative estimate of drug-likeness (QED) is 0.729. The third-order valence-corrected chi connectivity index (χ3v) is 10.7. The summed E-state index contributed by atoms with van der Waals surface area (Å²) in [6, 6.07) is 0. The number of hydrogen-bond acceptors (Lipinski definition) is 4. The minimum absolute atomic E-state index is 0.0382. The van der Waals surface area contributed by atoms with Crippen LogP contribution in [0, 0.1) is 34.5 Å². The molecule has 0 aromatic heterocycles. The largest absolute Gasteiger partial charge is 0.393 e. The summed E-state index contributed by atoms with van der Waals surface area (Å²) < 4.78 is 13.1. The lowest BCUT2D eigenvalue weighted by Gasteiger charge is -2.61. The van der Waals surface area contributed by atoms with Gasteiger partial charge in [-0.1, -0.05) is 13.8 Å². The van der Waals surface area contributed by atoms with Gasteiger partial charge in [0.25, 0.3) is 0 Å². The lowest BCUT2D eigenvalue weighted by molar-refractivity contribution is -0.147. The van der Waals surface area contributed by atoms with E-state index in [1.54, 1.807) is 6.92 Å². The second-order valence-corrected chi connectivity index (χ2v) is 11.7. The predicted molar refractivity (Wildman–Crippen MR) is 105 cm³/mol. The number of ether oxygens (including phenoxy) is 2. The van der Waals surface area contributed by atoms with Crippen molar-refractivity contribution in [1.82, 2.24) is 0 Å². The summed E-state index contributed by atoms with van der Waals surface area (Å²) in [5.74, 6) is 2.90. The summed E-state index contributed by atoms with van der Waals surface area (Å²) in [5.41, 5.74) is 0.632. The van der Waals surface area contributed by atoms with Crippen LogP contribution < -0.4 is 0 Å². The number of carbonyl (C=O) groups excluding carboxylic acids is 1. The highest BCUT2D eigenvalue weighted by Gasteiger charge is 2.84. The Balaban J connectivity index is 1.30. The molecule has 4 heteroatoms. The first-order valence-electron chi connectivity index (χ1n) is 11.8. The van der Waals surface area contributed by atoms with E-state index in [2.05, 4.69) is 13.8 Å². The molecule has 0 radical (unpaired) electrons. The lowest BCUT2D eigenvalue weighted by atomic mass is 9.44. The molecule has 11 atom stereocenters. The third-order valence-electron chi connectivity index (χ3n) is 10.7. The van der Waals surface area contributed by atoms with Gasteiger partial charge in [-0.3, -0.25) is 4.79 Å². The molecule has 0 aromatic carbocycles. The number of hydrogen-bond donors (Lipinski definition) is 1. The minimum Gasteiger partial charge on any atom is -0.393 e. The zero-order chi connectivity index (χ0) is 19.5. The summed E-state index contributed by atoms with van der Waals surface area (Å²) in [5, 5.41) is 10.2. The molecule has 6 rings (SSSR count). The van der Waals surface area contributed by atoms with Crippen molar-refractivity contribution in [3.63, 3.8) is 0 Å². The number of Topliss-reactive ketones (excluding diaryl/α,β-unsaturated/α-hetero) is 1. The Kier molecular flexibility index (Phi) is 3.68. The van der Waals surface area contributed by atoms with E-state index < -0.39 is 0 Å². The fourth-order valence-electron chi connectivity index (χ4n) is 9.36. The minimum atomic E-state index is -0.0796. The molecule has 2 saturated heterocycles. The van der Waals surface area contributed by atoms with Crippen molar-refractivity contribution in [3.8, 4) is 0 Å². The Hall–Kier alpha value is -0.450. The number of carbonyl (C=O) groups is 1. The van der Waals surface area contributed by atoms with Crippen LogP contribution in [-0.2, 0) is 14.3 Å². The van der Waals surface area contributed by atoms with E-state index in [0.29, 0.717) is 29.6 Å². The topological polar surface area (TPSA) is 59.1 Å². The highest BCUT2D eigenvalue weighted by atomic mass is 16.6. The number of ketones is 1. The average molecular weight is 389 g/mol. The van der Waals surface area contributed by atoms with E-state index in [4.69, 9.17) is 9.47 Å². The zero-order valence-electron chi connectivity index (χ0n) is 17.7. The molecular formula is C24H36O4. The molecule has 2 heterocycles. The molecule has 4 saturated carbocycles. The van der Waals surface area contributed by atoms with Crippen molar-refractivity contribution in [2.45, 2.75) is 109 Å². The molecule has 2 aliphatic heterocycles. The molecule has 0 bridgehead atoms. The summed E-state index contributed by atoms with van der Waals surface area (Å²) in [6.07, 6.45) is 10.4. The maximum Gasteiger partial charge on any atom is 0.132 e. The maximum absolute atomic E-state index is 11.6. The Morgan fingerprint density at radius 2 is 1.86 bits per heavy atom. The molecule has 6 aliphatic rings. The van der Waals surface area contributed by atoms with Gasteiger partial charge in [0.05, 0.1) is 18.3 Å². The summed E-state index contributed by atoms with van der Waals surface area (Å²) >= 11 is 0. The van der Waals surface area contributed by atoms with E-state index in [0.717, 1.165) is 25.2 Å². The Bertz CT molecular complexity index is 707. The number of epoxide rings is 1. The van der Waals surface area contributed by atoms with Gasteiger partial charge in [-0.2, -0.15) is 0 Å². The molecule has 156 valence electrons. The highest BCUT2D eigenvalue weighted by molar-refractivity contribution is 5.76. The lowest BCUT2D eigenvalue weighted by Crippen LogP contribution is -2.58. The van der Waals surface area contributed by atoms with Crippen LogP contribution in [0.4, 0.5) is 0 Å². The van der Waals surface area contributed by atoms with Crippen LogP contribution in [0.15, 0.2) is 0 Å². The first-order chi connectivity index (χ1) is 13.3. The van der Waals surface area contributed by atoms with Gasteiger partial charge in [0.1, 0.15) is 17.5 Å². The summed E-state index contributed by atoms with van der Waals surface area (Å²) in [7, 11) is 0. The maximum atomic E-state index is 11.6. The highest BCUT2D eigenvalue weighted by Crippen LogP contribution is 2.78. The van der Waals surface area contributed by atoms with Crippen LogP contribution in [0.25, 0.3) is 0 Å². The van der Waals surface area contributed by atoms with Crippen molar-refractivity contribution in [2.24, 2.45) is 34.5 Å². The van der Waals surface area contributed by atoms with Gasteiger partial charge in [0.2, 0.25) is 0 Å². The van der Waals surface area contributed by atoms with Crippen LogP contribution >= 0.6 is 0 Å². The van der Waals surface area contributed by atoms with Crippen LogP contribution in [0.1, 0.15) is 78.6 Å². The van der Waals surface area contributed by atoms with Crippen molar-refractivity contribution >= 4 is 5.78 Å². The first kappa shape index (κ1) is 18.3. The van der Waals surface area contributed by atoms with Crippen molar-refractivity contribution in [3.05, 3.63) is 0 Å². The second-order valence-electron chi connectivity index (χ2n) is 11.7. The number of aliphatic hydroxyl groups excluding tert-OH is 1. The molecule has 4 aliphatic carbocycles. The zero-order valence-corrected chi connectivity index (χ0v) is 17.7. The Labute approximate surface area is 168 Å². The van der Waals surface area contributed by atoms with Gasteiger partial charge in [0, 0.05) is 11.8 Å². The van der Waals surface area contributed by atoms with Gasteiger partial charge in [-0.25, -0.2) is 0 Å². The molecule has 3 unspecified atom stereocenters. The van der Waals surface area contributed by atoms with Crippen LogP contribution in [0.2, 0.25) is 0 Å². The van der Waals surface area contributed by atoms with E-state index in [1.807, 2.05) is 0 Å². The van der Waals surface area contributed by atoms with Crippen molar-refractivity contribution in [2.75, 3.05) is 0 Å². The van der Waals surface area contributed by atoms with Crippen molar-refractivity contribution < 1.29 is 19.4 Å². The first-order valence-corrected chi connectivity index (χ1v) is 11.8. The van der Waals surface area contributed by atoms with Gasteiger partial charge in [0.15, 0.2) is 0 Å². The molecule has 1 N–H and O–H groups in total. The summed E-state index contributed by atoms with van der Waals surface area (Å²) in [4.78, 5) is 11.6. The van der Waals surface area contributed by atoms with E-state index >= 15 is 0 Å². The number of aliphatic hydroxyl groups is 1. The van der Waals surface area contributed by atoms with Gasteiger partial charge in [-0.15, -0.1) is 0 Å².